The van der Waals surface area contributed by atoms with Crippen LogP contribution >= 0.6 is 11.8 Å². The SMILES string of the molecule is O=C(CSc1ccc(F)cc1)Nc1ncnc2c1CCC2. The summed E-state index contributed by atoms with van der Waals surface area (Å²) in [5.41, 5.74) is 2.09. The van der Waals surface area contributed by atoms with Crippen LogP contribution in [0.15, 0.2) is 35.5 Å². The summed E-state index contributed by atoms with van der Waals surface area (Å²) in [5, 5.41) is 2.84. The Labute approximate surface area is 126 Å². The molecule has 1 aromatic carbocycles. The van der Waals surface area contributed by atoms with Crippen LogP contribution in [0.5, 0.6) is 0 Å². The number of fused-ring (bicyclic) bond motifs is 1. The first-order valence-electron chi connectivity index (χ1n) is 6.73. The lowest BCUT2D eigenvalue weighted by molar-refractivity contribution is -0.113. The first-order valence-corrected chi connectivity index (χ1v) is 7.72. The van der Waals surface area contributed by atoms with Crippen LogP contribution in [-0.2, 0) is 17.6 Å². The molecule has 0 radical (unpaired) electrons. The van der Waals surface area contributed by atoms with Crippen molar-refractivity contribution < 1.29 is 9.18 Å². The lowest BCUT2D eigenvalue weighted by atomic mass is 10.2. The number of anilines is 1. The van der Waals surface area contributed by atoms with Crippen LogP contribution in [0.4, 0.5) is 10.2 Å². The number of nitrogens with one attached hydrogen (secondary N) is 1. The molecule has 1 aliphatic carbocycles. The Bertz CT molecular complexity index is 660. The van der Waals surface area contributed by atoms with Crippen LogP contribution in [-0.4, -0.2) is 21.6 Å². The first-order chi connectivity index (χ1) is 10.2. The van der Waals surface area contributed by atoms with Gasteiger partial charge in [-0.3, -0.25) is 4.79 Å². The van der Waals surface area contributed by atoms with Crippen molar-refractivity contribution in [1.29, 1.82) is 0 Å². The predicted octanol–water partition coefficient (Wildman–Crippen LogP) is 2.84. The number of carbonyl (C=O) groups excluding carboxylic acids is 1. The van der Waals surface area contributed by atoms with Gasteiger partial charge in [-0.05, 0) is 43.5 Å². The number of hydrogen-bond donors (Lipinski definition) is 1. The summed E-state index contributed by atoms with van der Waals surface area (Å²) in [5.74, 6) is 0.504. The highest BCUT2D eigenvalue weighted by atomic mass is 32.2. The summed E-state index contributed by atoms with van der Waals surface area (Å²) >= 11 is 1.37. The molecule has 1 aromatic heterocycles. The molecule has 108 valence electrons. The second-order valence-corrected chi connectivity index (χ2v) is 5.84. The van der Waals surface area contributed by atoms with Gasteiger partial charge in [0.25, 0.3) is 0 Å². The van der Waals surface area contributed by atoms with Crippen molar-refractivity contribution in [2.75, 3.05) is 11.1 Å². The average Bonchev–Trinajstić information content (AvgIpc) is 2.96. The van der Waals surface area contributed by atoms with Gasteiger partial charge >= 0.3 is 0 Å². The molecule has 0 saturated heterocycles. The van der Waals surface area contributed by atoms with Crippen LogP contribution in [0.25, 0.3) is 0 Å². The van der Waals surface area contributed by atoms with Gasteiger partial charge in [0.05, 0.1) is 5.75 Å². The third-order valence-electron chi connectivity index (χ3n) is 3.32. The van der Waals surface area contributed by atoms with Crippen molar-refractivity contribution in [3.05, 3.63) is 47.7 Å². The molecule has 1 amide bonds. The van der Waals surface area contributed by atoms with Gasteiger partial charge in [-0.25, -0.2) is 14.4 Å². The predicted molar refractivity (Wildman–Crippen MR) is 79.8 cm³/mol. The lowest BCUT2D eigenvalue weighted by Crippen LogP contribution is -2.16. The Morgan fingerprint density at radius 3 is 2.86 bits per heavy atom. The van der Waals surface area contributed by atoms with E-state index in [2.05, 4.69) is 15.3 Å². The number of benzene rings is 1. The summed E-state index contributed by atoms with van der Waals surface area (Å²) < 4.78 is 12.8. The first kappa shape index (κ1) is 14.0. The maximum atomic E-state index is 12.8. The zero-order valence-electron chi connectivity index (χ0n) is 11.3. The molecule has 3 rings (SSSR count). The summed E-state index contributed by atoms with van der Waals surface area (Å²) in [6.07, 6.45) is 4.41. The normalized spacial score (nSPS) is 13.0. The fourth-order valence-corrected chi connectivity index (χ4v) is 3.01. The van der Waals surface area contributed by atoms with E-state index in [1.807, 2.05) is 0 Å². The molecule has 1 N–H and O–H groups in total. The minimum Gasteiger partial charge on any atom is -0.310 e. The van der Waals surface area contributed by atoms with Gasteiger partial charge < -0.3 is 5.32 Å². The van der Waals surface area contributed by atoms with E-state index in [4.69, 9.17) is 0 Å². The Morgan fingerprint density at radius 2 is 2.05 bits per heavy atom. The topological polar surface area (TPSA) is 54.9 Å². The van der Waals surface area contributed by atoms with E-state index < -0.39 is 0 Å². The fraction of sp³-hybridized carbons (Fsp3) is 0.267. The van der Waals surface area contributed by atoms with E-state index in [-0.39, 0.29) is 17.5 Å². The van der Waals surface area contributed by atoms with Crippen molar-refractivity contribution >= 4 is 23.5 Å². The lowest BCUT2D eigenvalue weighted by Gasteiger charge is -2.08. The Kier molecular flexibility index (Phi) is 4.15. The van der Waals surface area contributed by atoms with Crippen LogP contribution in [0.3, 0.4) is 0 Å². The monoisotopic (exact) mass is 303 g/mol. The van der Waals surface area contributed by atoms with Crippen LogP contribution in [0.2, 0.25) is 0 Å². The quantitative estimate of drug-likeness (QED) is 0.883. The second kappa shape index (κ2) is 6.22. The standard InChI is InChI=1S/C15H14FN3OS/c16-10-4-6-11(7-5-10)21-8-14(20)19-15-12-2-1-3-13(12)17-9-18-15/h4-7,9H,1-3,8H2,(H,17,18,19,20). The van der Waals surface area contributed by atoms with Crippen molar-refractivity contribution in [1.82, 2.24) is 9.97 Å². The number of hydrogen-bond acceptors (Lipinski definition) is 4. The van der Waals surface area contributed by atoms with Crippen molar-refractivity contribution in [2.24, 2.45) is 0 Å². The minimum atomic E-state index is -0.277. The Morgan fingerprint density at radius 1 is 1.24 bits per heavy atom. The zero-order chi connectivity index (χ0) is 14.7. The molecule has 0 unspecified atom stereocenters. The molecule has 1 heterocycles. The molecular weight excluding hydrogens is 289 g/mol. The number of nitrogens with zero attached hydrogens (tertiary/aromatic N) is 2. The summed E-state index contributed by atoms with van der Waals surface area (Å²) in [4.78, 5) is 21.2. The van der Waals surface area contributed by atoms with Crippen molar-refractivity contribution in [3.63, 3.8) is 0 Å². The average molecular weight is 303 g/mol. The molecule has 0 fully saturated rings. The van der Waals surface area contributed by atoms with Gasteiger partial charge in [-0.1, -0.05) is 0 Å². The summed E-state index contributed by atoms with van der Waals surface area (Å²) in [6, 6.07) is 6.10. The highest BCUT2D eigenvalue weighted by Gasteiger charge is 2.18. The van der Waals surface area contributed by atoms with E-state index in [1.54, 1.807) is 12.1 Å². The van der Waals surface area contributed by atoms with E-state index in [1.165, 1.54) is 30.2 Å². The maximum absolute atomic E-state index is 12.8. The number of aromatic nitrogens is 2. The molecule has 0 aliphatic heterocycles. The second-order valence-electron chi connectivity index (χ2n) is 4.79. The summed E-state index contributed by atoms with van der Waals surface area (Å²) in [7, 11) is 0. The van der Waals surface area contributed by atoms with Crippen LogP contribution < -0.4 is 5.32 Å². The van der Waals surface area contributed by atoms with Gasteiger partial charge in [0.2, 0.25) is 5.91 Å². The smallest absolute Gasteiger partial charge is 0.235 e. The largest absolute Gasteiger partial charge is 0.310 e. The number of rotatable bonds is 4. The maximum Gasteiger partial charge on any atom is 0.235 e. The van der Waals surface area contributed by atoms with Crippen LogP contribution in [0, 0.1) is 5.82 Å². The molecule has 4 nitrogen and oxygen atoms in total. The Balaban J connectivity index is 1.60. The molecule has 0 saturated carbocycles. The summed E-state index contributed by atoms with van der Waals surface area (Å²) in [6.45, 7) is 0. The van der Waals surface area contributed by atoms with E-state index >= 15 is 0 Å². The van der Waals surface area contributed by atoms with Crippen molar-refractivity contribution in [2.45, 2.75) is 24.2 Å². The molecule has 0 bridgehead atoms. The number of amides is 1. The third-order valence-corrected chi connectivity index (χ3v) is 4.33. The van der Waals surface area contributed by atoms with Gasteiger partial charge in [0, 0.05) is 16.2 Å². The number of carbonyl (C=O) groups is 1. The number of thioether (sulfide) groups is 1. The van der Waals surface area contributed by atoms with E-state index in [9.17, 15) is 9.18 Å². The van der Waals surface area contributed by atoms with E-state index in [0.29, 0.717) is 5.82 Å². The van der Waals surface area contributed by atoms with Crippen LogP contribution in [0.1, 0.15) is 17.7 Å². The highest BCUT2D eigenvalue weighted by molar-refractivity contribution is 8.00. The third kappa shape index (κ3) is 3.39. The van der Waals surface area contributed by atoms with Gasteiger partial charge in [-0.2, -0.15) is 0 Å². The zero-order valence-corrected chi connectivity index (χ0v) is 12.1. The molecule has 1 aliphatic rings. The van der Waals surface area contributed by atoms with E-state index in [0.717, 1.165) is 35.4 Å². The van der Waals surface area contributed by atoms with Crippen molar-refractivity contribution in [3.8, 4) is 0 Å². The number of halogens is 1. The van der Waals surface area contributed by atoms with Gasteiger partial charge in [0.15, 0.2) is 0 Å². The molecular formula is C15H14FN3OS. The van der Waals surface area contributed by atoms with Gasteiger partial charge in [0.1, 0.15) is 18.0 Å². The highest BCUT2D eigenvalue weighted by Crippen LogP contribution is 2.25. The molecule has 6 heteroatoms. The molecule has 2 aromatic rings. The Hall–Kier alpha value is -1.95. The molecule has 0 spiro atoms. The van der Waals surface area contributed by atoms with Gasteiger partial charge in [-0.15, -0.1) is 11.8 Å². The number of aryl methyl sites for hydroxylation is 1. The molecule has 0 atom stereocenters. The molecule has 21 heavy (non-hydrogen) atoms. The minimum absolute atomic E-state index is 0.114. The fourth-order valence-electron chi connectivity index (χ4n) is 2.32.